The second kappa shape index (κ2) is 9.71. The van der Waals surface area contributed by atoms with Crippen LogP contribution < -0.4 is 10.6 Å². The first-order valence-electron chi connectivity index (χ1n) is 7.93. The Morgan fingerprint density at radius 1 is 1.32 bits per heavy atom. The van der Waals surface area contributed by atoms with Crippen LogP contribution in [0.1, 0.15) is 18.2 Å². The summed E-state index contributed by atoms with van der Waals surface area (Å²) in [5, 5.41) is 8.43. The Morgan fingerprint density at radius 2 is 2.16 bits per heavy atom. The van der Waals surface area contributed by atoms with Gasteiger partial charge in [0, 0.05) is 30.9 Å². The van der Waals surface area contributed by atoms with Crippen molar-refractivity contribution in [2.75, 3.05) is 13.1 Å². The molecule has 2 aromatic heterocycles. The average Bonchev–Trinajstić information content (AvgIpc) is 3.16. The molecule has 8 heteroatoms. The summed E-state index contributed by atoms with van der Waals surface area (Å²) in [5.74, 6) is 0.546. The van der Waals surface area contributed by atoms with Gasteiger partial charge in [0.2, 0.25) is 0 Å². The Balaban J connectivity index is 0.00000225. The first kappa shape index (κ1) is 19.6. The van der Waals surface area contributed by atoms with Crippen LogP contribution in [0, 0.1) is 5.82 Å². The third kappa shape index (κ3) is 5.40. The van der Waals surface area contributed by atoms with E-state index in [1.807, 2.05) is 35.2 Å². The molecule has 3 rings (SSSR count). The molecule has 5 nitrogen and oxygen atoms in total. The summed E-state index contributed by atoms with van der Waals surface area (Å²) in [4.78, 5) is 10.0. The molecule has 0 atom stereocenters. The van der Waals surface area contributed by atoms with E-state index in [1.165, 1.54) is 6.07 Å². The molecule has 0 aliphatic heterocycles. The highest BCUT2D eigenvalue weighted by Gasteiger charge is 2.04. The standard InChI is InChI=1S/C17H20FN5S.HI/c1-2-19-16(20-8-7-13-5-3-4-6-15(13)18)21-11-14-12-23-9-10-24-17(23)22-14;/h3-6,9-10,12H,2,7-8,11H2,1H3,(H2,19,20,21);1H. The normalized spacial score (nSPS) is 11.4. The van der Waals surface area contributed by atoms with Crippen molar-refractivity contribution in [2.45, 2.75) is 19.9 Å². The van der Waals surface area contributed by atoms with Gasteiger partial charge in [0.05, 0.1) is 12.2 Å². The van der Waals surface area contributed by atoms with Gasteiger partial charge in [-0.25, -0.2) is 14.4 Å². The molecular weight excluding hydrogens is 452 g/mol. The third-order valence-corrected chi connectivity index (χ3v) is 4.30. The molecule has 0 saturated carbocycles. The Hall–Kier alpha value is -1.68. The fourth-order valence-corrected chi connectivity index (χ4v) is 3.09. The maximum absolute atomic E-state index is 13.6. The number of benzene rings is 1. The van der Waals surface area contributed by atoms with E-state index in [-0.39, 0.29) is 29.8 Å². The fraction of sp³-hybridized carbons (Fsp3) is 0.294. The predicted octanol–water partition coefficient (Wildman–Crippen LogP) is 3.45. The SMILES string of the molecule is CCNC(=NCc1cn2ccsc2n1)NCCc1ccccc1F.I. The van der Waals surface area contributed by atoms with Crippen LogP contribution in [-0.4, -0.2) is 28.4 Å². The summed E-state index contributed by atoms with van der Waals surface area (Å²) in [5.41, 5.74) is 1.63. The van der Waals surface area contributed by atoms with E-state index < -0.39 is 0 Å². The van der Waals surface area contributed by atoms with Crippen molar-refractivity contribution in [2.24, 2.45) is 4.99 Å². The molecule has 0 saturated heterocycles. The van der Waals surface area contributed by atoms with Gasteiger partial charge in [0.1, 0.15) is 5.82 Å². The number of nitrogens with one attached hydrogen (secondary N) is 2. The number of thiazole rings is 1. The van der Waals surface area contributed by atoms with Crippen LogP contribution in [0.4, 0.5) is 4.39 Å². The van der Waals surface area contributed by atoms with Crippen molar-refractivity contribution in [1.82, 2.24) is 20.0 Å². The lowest BCUT2D eigenvalue weighted by atomic mass is 10.1. The number of aromatic nitrogens is 2. The van der Waals surface area contributed by atoms with E-state index in [0.717, 1.165) is 17.2 Å². The number of imidazole rings is 1. The fourth-order valence-electron chi connectivity index (χ4n) is 2.37. The monoisotopic (exact) mass is 473 g/mol. The maximum Gasteiger partial charge on any atom is 0.193 e. The zero-order chi connectivity index (χ0) is 16.8. The zero-order valence-electron chi connectivity index (χ0n) is 13.9. The van der Waals surface area contributed by atoms with Gasteiger partial charge in [0.15, 0.2) is 10.9 Å². The molecule has 0 aliphatic rings. The number of halogens is 2. The molecule has 0 radical (unpaired) electrons. The molecule has 0 aliphatic carbocycles. The van der Waals surface area contributed by atoms with Crippen molar-refractivity contribution in [3.8, 4) is 0 Å². The van der Waals surface area contributed by atoms with Gasteiger partial charge in [-0.1, -0.05) is 18.2 Å². The Morgan fingerprint density at radius 3 is 2.92 bits per heavy atom. The molecule has 0 unspecified atom stereocenters. The first-order valence-corrected chi connectivity index (χ1v) is 8.81. The molecule has 134 valence electrons. The lowest BCUT2D eigenvalue weighted by Crippen LogP contribution is -2.38. The average molecular weight is 473 g/mol. The number of nitrogens with zero attached hydrogens (tertiary/aromatic N) is 3. The molecule has 0 fully saturated rings. The number of rotatable bonds is 6. The van der Waals surface area contributed by atoms with Gasteiger partial charge in [-0.3, -0.25) is 4.40 Å². The number of aliphatic imine (C=N–C) groups is 1. The van der Waals surface area contributed by atoms with E-state index in [0.29, 0.717) is 31.0 Å². The Kier molecular flexibility index (Phi) is 7.63. The van der Waals surface area contributed by atoms with Crippen LogP contribution in [0.25, 0.3) is 4.96 Å². The van der Waals surface area contributed by atoms with Crippen molar-refractivity contribution in [3.63, 3.8) is 0 Å². The lowest BCUT2D eigenvalue weighted by Gasteiger charge is -2.11. The first-order chi connectivity index (χ1) is 11.8. The van der Waals surface area contributed by atoms with E-state index >= 15 is 0 Å². The lowest BCUT2D eigenvalue weighted by molar-refractivity contribution is 0.606. The minimum absolute atomic E-state index is 0. The second-order valence-corrected chi connectivity index (χ2v) is 6.16. The van der Waals surface area contributed by atoms with E-state index in [2.05, 4.69) is 20.6 Å². The molecule has 0 amide bonds. The summed E-state index contributed by atoms with van der Waals surface area (Å²) in [7, 11) is 0. The van der Waals surface area contributed by atoms with Gasteiger partial charge < -0.3 is 10.6 Å². The van der Waals surface area contributed by atoms with Gasteiger partial charge >= 0.3 is 0 Å². The van der Waals surface area contributed by atoms with Crippen LogP contribution in [0.2, 0.25) is 0 Å². The van der Waals surface area contributed by atoms with Crippen LogP contribution in [0.5, 0.6) is 0 Å². The quantitative estimate of drug-likeness (QED) is 0.328. The Labute approximate surface area is 167 Å². The maximum atomic E-state index is 13.6. The van der Waals surface area contributed by atoms with Gasteiger partial charge in [-0.2, -0.15) is 0 Å². The highest BCUT2D eigenvalue weighted by Crippen LogP contribution is 2.11. The number of hydrogen-bond donors (Lipinski definition) is 2. The van der Waals surface area contributed by atoms with Gasteiger partial charge in [-0.05, 0) is 25.0 Å². The second-order valence-electron chi connectivity index (χ2n) is 5.29. The Bertz CT molecular complexity index is 801. The van der Waals surface area contributed by atoms with E-state index in [4.69, 9.17) is 0 Å². The highest BCUT2D eigenvalue weighted by molar-refractivity contribution is 14.0. The van der Waals surface area contributed by atoms with Crippen molar-refractivity contribution >= 4 is 46.2 Å². The van der Waals surface area contributed by atoms with Crippen LogP contribution in [-0.2, 0) is 13.0 Å². The highest BCUT2D eigenvalue weighted by atomic mass is 127. The summed E-state index contributed by atoms with van der Waals surface area (Å²) in [6.45, 7) is 3.90. The molecule has 3 aromatic rings. The van der Waals surface area contributed by atoms with Crippen molar-refractivity contribution in [1.29, 1.82) is 0 Å². The van der Waals surface area contributed by atoms with E-state index in [1.54, 1.807) is 23.5 Å². The summed E-state index contributed by atoms with van der Waals surface area (Å²) in [6.07, 6.45) is 4.58. The molecule has 25 heavy (non-hydrogen) atoms. The molecule has 2 heterocycles. The van der Waals surface area contributed by atoms with Crippen LogP contribution in [0.15, 0.2) is 47.0 Å². The number of hydrogen-bond acceptors (Lipinski definition) is 3. The van der Waals surface area contributed by atoms with Gasteiger partial charge in [-0.15, -0.1) is 35.3 Å². The smallest absolute Gasteiger partial charge is 0.193 e. The van der Waals surface area contributed by atoms with Crippen LogP contribution >= 0.6 is 35.3 Å². The van der Waals surface area contributed by atoms with E-state index in [9.17, 15) is 4.39 Å². The number of fused-ring (bicyclic) bond motifs is 1. The molecule has 0 bridgehead atoms. The molecule has 2 N–H and O–H groups in total. The number of guanidine groups is 1. The van der Waals surface area contributed by atoms with Gasteiger partial charge in [0.25, 0.3) is 0 Å². The largest absolute Gasteiger partial charge is 0.357 e. The molecule has 0 spiro atoms. The predicted molar refractivity (Wildman–Crippen MR) is 111 cm³/mol. The summed E-state index contributed by atoms with van der Waals surface area (Å²) in [6, 6.07) is 6.84. The molecular formula is C17H21FIN5S. The van der Waals surface area contributed by atoms with Crippen LogP contribution in [0.3, 0.4) is 0 Å². The third-order valence-electron chi connectivity index (χ3n) is 3.53. The topological polar surface area (TPSA) is 53.7 Å². The minimum atomic E-state index is -0.167. The summed E-state index contributed by atoms with van der Waals surface area (Å²) >= 11 is 1.60. The van der Waals surface area contributed by atoms with Crippen molar-refractivity contribution < 1.29 is 4.39 Å². The minimum Gasteiger partial charge on any atom is -0.357 e. The van der Waals surface area contributed by atoms with Crippen molar-refractivity contribution in [3.05, 3.63) is 59.1 Å². The molecule has 1 aromatic carbocycles. The zero-order valence-corrected chi connectivity index (χ0v) is 17.1. The summed E-state index contributed by atoms with van der Waals surface area (Å²) < 4.78 is 15.6.